The predicted molar refractivity (Wildman–Crippen MR) is 144 cm³/mol. The molecule has 1 amide bonds. The third kappa shape index (κ3) is 5.73. The van der Waals surface area contributed by atoms with Gasteiger partial charge in [-0.3, -0.25) is 4.79 Å². The van der Waals surface area contributed by atoms with Crippen molar-refractivity contribution in [3.63, 3.8) is 0 Å². The van der Waals surface area contributed by atoms with E-state index >= 15 is 0 Å². The number of rotatable bonds is 8. The standard InChI is InChI=1S/C31H28N2O3/c1-4-35-30-18-23(17-25(19-32)31(34)33-26-10-7-8-21(2)16-26)13-15-29(30)36-20-28-22(3)12-14-24-9-5-6-11-27(24)28/h5-18H,4,20H2,1-3H3,(H,33,34)/b25-17+. The summed E-state index contributed by atoms with van der Waals surface area (Å²) in [6.45, 7) is 6.77. The third-order valence-electron chi connectivity index (χ3n) is 5.87. The topological polar surface area (TPSA) is 71.3 Å². The molecular formula is C31H28N2O3. The van der Waals surface area contributed by atoms with Gasteiger partial charge in [-0.05, 0) is 78.6 Å². The largest absolute Gasteiger partial charge is 0.490 e. The van der Waals surface area contributed by atoms with Gasteiger partial charge in [-0.15, -0.1) is 0 Å². The van der Waals surface area contributed by atoms with Crippen molar-refractivity contribution in [2.45, 2.75) is 27.4 Å². The van der Waals surface area contributed by atoms with Crippen molar-refractivity contribution in [3.05, 3.63) is 107 Å². The van der Waals surface area contributed by atoms with E-state index in [0.717, 1.165) is 22.1 Å². The van der Waals surface area contributed by atoms with Gasteiger partial charge >= 0.3 is 0 Å². The SMILES string of the molecule is CCOc1cc(/C=C(\C#N)C(=O)Nc2cccc(C)c2)ccc1OCc1c(C)ccc2ccccc12. The smallest absolute Gasteiger partial charge is 0.266 e. The van der Waals surface area contributed by atoms with E-state index in [2.05, 4.69) is 36.5 Å². The summed E-state index contributed by atoms with van der Waals surface area (Å²) in [5, 5.41) is 14.7. The average Bonchev–Trinajstić information content (AvgIpc) is 2.87. The van der Waals surface area contributed by atoms with Gasteiger partial charge in [0.2, 0.25) is 0 Å². The Labute approximate surface area is 211 Å². The highest BCUT2D eigenvalue weighted by molar-refractivity contribution is 6.09. The van der Waals surface area contributed by atoms with Gasteiger partial charge < -0.3 is 14.8 Å². The number of ether oxygens (including phenoxy) is 2. The number of aryl methyl sites for hydroxylation is 2. The molecule has 0 atom stereocenters. The van der Waals surface area contributed by atoms with Crippen LogP contribution in [0.2, 0.25) is 0 Å². The highest BCUT2D eigenvalue weighted by atomic mass is 16.5. The van der Waals surface area contributed by atoms with Gasteiger partial charge in [0.05, 0.1) is 6.61 Å². The van der Waals surface area contributed by atoms with Gasteiger partial charge in [-0.1, -0.05) is 54.6 Å². The number of nitrogens with zero attached hydrogens (tertiary/aromatic N) is 1. The lowest BCUT2D eigenvalue weighted by atomic mass is 10.0. The average molecular weight is 477 g/mol. The fraction of sp³-hybridized carbons (Fsp3) is 0.161. The second kappa shape index (κ2) is 11.2. The zero-order valence-corrected chi connectivity index (χ0v) is 20.7. The summed E-state index contributed by atoms with van der Waals surface area (Å²) in [5.41, 5.74) is 4.61. The first-order valence-electron chi connectivity index (χ1n) is 11.8. The Bertz CT molecular complexity index is 1480. The molecule has 4 rings (SSSR count). The van der Waals surface area contributed by atoms with Gasteiger partial charge in [0.1, 0.15) is 18.2 Å². The molecule has 0 fully saturated rings. The first-order chi connectivity index (χ1) is 17.5. The minimum Gasteiger partial charge on any atom is -0.490 e. The lowest BCUT2D eigenvalue weighted by molar-refractivity contribution is -0.112. The minimum atomic E-state index is -0.465. The highest BCUT2D eigenvalue weighted by Crippen LogP contribution is 2.31. The Hall–Kier alpha value is -4.56. The van der Waals surface area contributed by atoms with Crippen molar-refractivity contribution < 1.29 is 14.3 Å². The van der Waals surface area contributed by atoms with E-state index in [1.165, 1.54) is 5.39 Å². The van der Waals surface area contributed by atoms with Crippen molar-refractivity contribution in [2.75, 3.05) is 11.9 Å². The van der Waals surface area contributed by atoms with E-state index in [1.807, 2.05) is 62.4 Å². The number of nitrogens with one attached hydrogen (secondary N) is 1. The van der Waals surface area contributed by atoms with Crippen LogP contribution in [0.1, 0.15) is 29.2 Å². The Kier molecular flexibility index (Phi) is 7.67. The van der Waals surface area contributed by atoms with Crippen LogP contribution >= 0.6 is 0 Å². The zero-order valence-electron chi connectivity index (χ0n) is 20.7. The molecule has 0 bridgehead atoms. The molecule has 0 aromatic heterocycles. The molecule has 0 aliphatic rings. The van der Waals surface area contributed by atoms with E-state index in [9.17, 15) is 10.1 Å². The maximum Gasteiger partial charge on any atom is 0.266 e. The van der Waals surface area contributed by atoms with Gasteiger partial charge in [-0.2, -0.15) is 5.26 Å². The fourth-order valence-corrected chi connectivity index (χ4v) is 4.02. The molecule has 0 aliphatic carbocycles. The molecule has 0 unspecified atom stereocenters. The number of carbonyl (C=O) groups is 1. The number of amides is 1. The quantitative estimate of drug-likeness (QED) is 0.220. The Morgan fingerprint density at radius 3 is 2.56 bits per heavy atom. The Morgan fingerprint density at radius 2 is 1.78 bits per heavy atom. The molecule has 0 aliphatic heterocycles. The van der Waals surface area contributed by atoms with Crippen LogP contribution in [0, 0.1) is 25.2 Å². The van der Waals surface area contributed by atoms with Crippen LogP contribution in [0.4, 0.5) is 5.69 Å². The van der Waals surface area contributed by atoms with Crippen molar-refractivity contribution in [2.24, 2.45) is 0 Å². The number of hydrogen-bond donors (Lipinski definition) is 1. The number of carbonyl (C=O) groups excluding carboxylic acids is 1. The van der Waals surface area contributed by atoms with Gasteiger partial charge in [0, 0.05) is 11.3 Å². The molecule has 0 spiro atoms. The number of anilines is 1. The zero-order chi connectivity index (χ0) is 25.5. The molecule has 0 saturated heterocycles. The minimum absolute atomic E-state index is 0.000923. The summed E-state index contributed by atoms with van der Waals surface area (Å²) in [6, 6.07) is 27.3. The van der Waals surface area contributed by atoms with Gasteiger partial charge in [0.25, 0.3) is 5.91 Å². The van der Waals surface area contributed by atoms with Crippen molar-refractivity contribution in [3.8, 4) is 17.6 Å². The van der Waals surface area contributed by atoms with Gasteiger partial charge in [-0.25, -0.2) is 0 Å². The molecule has 36 heavy (non-hydrogen) atoms. The highest BCUT2D eigenvalue weighted by Gasteiger charge is 2.13. The van der Waals surface area contributed by atoms with Crippen LogP contribution in [0.5, 0.6) is 11.5 Å². The van der Waals surface area contributed by atoms with Crippen molar-refractivity contribution in [1.29, 1.82) is 5.26 Å². The fourth-order valence-electron chi connectivity index (χ4n) is 4.02. The Morgan fingerprint density at radius 1 is 0.944 bits per heavy atom. The maximum atomic E-state index is 12.7. The number of nitriles is 1. The second-order valence-corrected chi connectivity index (χ2v) is 8.50. The molecule has 0 radical (unpaired) electrons. The summed E-state index contributed by atoms with van der Waals surface area (Å²) in [5.74, 6) is 0.692. The van der Waals surface area contributed by atoms with Crippen LogP contribution in [0.3, 0.4) is 0 Å². The summed E-state index contributed by atoms with van der Waals surface area (Å²) >= 11 is 0. The molecule has 0 heterocycles. The molecule has 5 heteroatoms. The van der Waals surface area contributed by atoms with E-state index in [1.54, 1.807) is 18.2 Å². The molecule has 1 N–H and O–H groups in total. The number of hydrogen-bond acceptors (Lipinski definition) is 4. The molecular weight excluding hydrogens is 448 g/mol. The van der Waals surface area contributed by atoms with Crippen LogP contribution < -0.4 is 14.8 Å². The predicted octanol–water partition coefficient (Wildman–Crippen LogP) is 6.98. The maximum absolute atomic E-state index is 12.7. The van der Waals surface area contributed by atoms with E-state index in [0.29, 0.717) is 36.0 Å². The number of benzene rings is 4. The van der Waals surface area contributed by atoms with Crippen LogP contribution in [0.15, 0.2) is 84.4 Å². The third-order valence-corrected chi connectivity index (χ3v) is 5.87. The van der Waals surface area contributed by atoms with Crippen molar-refractivity contribution >= 4 is 28.4 Å². The first kappa shape index (κ1) is 24.6. The first-order valence-corrected chi connectivity index (χ1v) is 11.8. The monoisotopic (exact) mass is 476 g/mol. The molecule has 5 nitrogen and oxygen atoms in total. The molecule has 180 valence electrons. The van der Waals surface area contributed by atoms with Crippen LogP contribution in [-0.2, 0) is 11.4 Å². The summed E-state index contributed by atoms with van der Waals surface area (Å²) in [4.78, 5) is 12.7. The normalized spacial score (nSPS) is 11.1. The molecule has 4 aromatic rings. The Balaban J connectivity index is 1.56. The summed E-state index contributed by atoms with van der Waals surface area (Å²) < 4.78 is 12.0. The summed E-state index contributed by atoms with van der Waals surface area (Å²) in [7, 11) is 0. The lowest BCUT2D eigenvalue weighted by Gasteiger charge is -2.15. The van der Waals surface area contributed by atoms with Crippen LogP contribution in [-0.4, -0.2) is 12.5 Å². The van der Waals surface area contributed by atoms with E-state index < -0.39 is 5.91 Å². The second-order valence-electron chi connectivity index (χ2n) is 8.50. The molecule has 0 saturated carbocycles. The van der Waals surface area contributed by atoms with Crippen molar-refractivity contribution in [1.82, 2.24) is 0 Å². The number of fused-ring (bicyclic) bond motifs is 1. The van der Waals surface area contributed by atoms with E-state index in [-0.39, 0.29) is 5.57 Å². The van der Waals surface area contributed by atoms with Gasteiger partial charge in [0.15, 0.2) is 11.5 Å². The lowest BCUT2D eigenvalue weighted by Crippen LogP contribution is -2.13. The van der Waals surface area contributed by atoms with E-state index in [4.69, 9.17) is 9.47 Å². The molecule has 4 aromatic carbocycles. The summed E-state index contributed by atoms with van der Waals surface area (Å²) in [6.07, 6.45) is 1.55. The van der Waals surface area contributed by atoms with Crippen LogP contribution in [0.25, 0.3) is 16.8 Å².